The third kappa shape index (κ3) is 7.78. The molecule has 0 aliphatic rings. The van der Waals surface area contributed by atoms with E-state index in [0.717, 1.165) is 5.56 Å². The van der Waals surface area contributed by atoms with Gasteiger partial charge in [0.2, 0.25) is 10.0 Å². The second-order valence-corrected chi connectivity index (χ2v) is 6.83. The lowest BCUT2D eigenvalue weighted by Crippen LogP contribution is -2.32. The molecule has 0 aliphatic carbocycles. The van der Waals surface area contributed by atoms with Crippen LogP contribution in [-0.2, 0) is 19.6 Å². The Morgan fingerprint density at radius 1 is 1.26 bits per heavy atom. The van der Waals surface area contributed by atoms with Gasteiger partial charge in [0.15, 0.2) is 0 Å². The standard InChI is InChI=1S/C15H24N2O4S.ClH/c1-3-21-15(18)14(16)6-4-5-11-17-22(19,20)13-9-7-12(2)8-10-13;/h7-10,14,17H,3-6,11,16H2,1-2H3;1H. The summed E-state index contributed by atoms with van der Waals surface area (Å²) in [5.41, 5.74) is 6.67. The van der Waals surface area contributed by atoms with E-state index in [0.29, 0.717) is 32.4 Å². The van der Waals surface area contributed by atoms with E-state index in [-0.39, 0.29) is 17.3 Å². The van der Waals surface area contributed by atoms with Crippen LogP contribution in [0, 0.1) is 6.92 Å². The van der Waals surface area contributed by atoms with Crippen molar-refractivity contribution in [3.63, 3.8) is 0 Å². The number of unbranched alkanes of at least 4 members (excludes halogenated alkanes) is 1. The first kappa shape index (κ1) is 21.9. The van der Waals surface area contributed by atoms with Crippen LogP contribution < -0.4 is 10.5 Å². The fourth-order valence-electron chi connectivity index (χ4n) is 1.86. The first-order valence-electron chi connectivity index (χ1n) is 7.35. The Morgan fingerprint density at radius 2 is 1.87 bits per heavy atom. The molecule has 0 saturated carbocycles. The third-order valence-corrected chi connectivity index (χ3v) is 4.63. The van der Waals surface area contributed by atoms with Crippen molar-refractivity contribution in [2.45, 2.75) is 44.0 Å². The Bertz CT molecular complexity index is 576. The number of esters is 1. The lowest BCUT2D eigenvalue weighted by atomic mass is 10.1. The van der Waals surface area contributed by atoms with Gasteiger partial charge in [-0.2, -0.15) is 0 Å². The van der Waals surface area contributed by atoms with E-state index in [1.807, 2.05) is 6.92 Å². The molecule has 1 aromatic carbocycles. The summed E-state index contributed by atoms with van der Waals surface area (Å²) in [6.45, 7) is 4.25. The van der Waals surface area contributed by atoms with Crippen LogP contribution in [0.2, 0.25) is 0 Å². The van der Waals surface area contributed by atoms with Crippen LogP contribution in [-0.4, -0.2) is 33.6 Å². The van der Waals surface area contributed by atoms with Gasteiger partial charge >= 0.3 is 5.97 Å². The molecular formula is C15H25ClN2O4S. The summed E-state index contributed by atoms with van der Waals surface area (Å²) in [6, 6.07) is 6.02. The molecule has 0 radical (unpaired) electrons. The van der Waals surface area contributed by atoms with Crippen molar-refractivity contribution in [3.05, 3.63) is 29.8 Å². The Morgan fingerprint density at radius 3 is 2.43 bits per heavy atom. The predicted octanol–water partition coefficient (Wildman–Crippen LogP) is 1.76. The van der Waals surface area contributed by atoms with Gasteiger partial charge < -0.3 is 10.5 Å². The van der Waals surface area contributed by atoms with E-state index < -0.39 is 22.0 Å². The Balaban J connectivity index is 0.00000484. The summed E-state index contributed by atoms with van der Waals surface area (Å²) in [5, 5.41) is 0. The molecule has 0 saturated heterocycles. The lowest BCUT2D eigenvalue weighted by molar-refractivity contribution is -0.144. The number of hydrogen-bond donors (Lipinski definition) is 2. The predicted molar refractivity (Wildman–Crippen MR) is 92.1 cm³/mol. The number of aryl methyl sites for hydroxylation is 1. The average Bonchev–Trinajstić information content (AvgIpc) is 2.47. The highest BCUT2D eigenvalue weighted by Crippen LogP contribution is 2.10. The molecule has 0 spiro atoms. The van der Waals surface area contributed by atoms with Gasteiger partial charge in [0.05, 0.1) is 11.5 Å². The van der Waals surface area contributed by atoms with Crippen molar-refractivity contribution >= 4 is 28.4 Å². The molecule has 1 atom stereocenters. The molecule has 0 heterocycles. The minimum Gasteiger partial charge on any atom is -0.465 e. The highest BCUT2D eigenvalue weighted by Gasteiger charge is 2.15. The molecule has 0 bridgehead atoms. The van der Waals surface area contributed by atoms with Crippen molar-refractivity contribution in [1.29, 1.82) is 0 Å². The van der Waals surface area contributed by atoms with Gasteiger partial charge in [-0.1, -0.05) is 24.1 Å². The van der Waals surface area contributed by atoms with E-state index in [1.54, 1.807) is 31.2 Å². The van der Waals surface area contributed by atoms with Crippen molar-refractivity contribution in [3.8, 4) is 0 Å². The number of rotatable bonds is 9. The fourth-order valence-corrected chi connectivity index (χ4v) is 2.94. The van der Waals surface area contributed by atoms with Crippen molar-refractivity contribution in [2.24, 2.45) is 5.73 Å². The number of hydrogen-bond acceptors (Lipinski definition) is 5. The monoisotopic (exact) mass is 364 g/mol. The number of sulfonamides is 1. The minimum absolute atomic E-state index is 0. The van der Waals surface area contributed by atoms with Gasteiger partial charge in [-0.15, -0.1) is 12.4 Å². The lowest BCUT2D eigenvalue weighted by Gasteiger charge is -2.10. The van der Waals surface area contributed by atoms with Crippen molar-refractivity contribution < 1.29 is 17.9 Å². The molecule has 6 nitrogen and oxygen atoms in total. The summed E-state index contributed by atoms with van der Waals surface area (Å²) in [4.78, 5) is 11.6. The van der Waals surface area contributed by atoms with Crippen LogP contribution in [0.25, 0.3) is 0 Å². The number of nitrogens with one attached hydrogen (secondary N) is 1. The zero-order chi connectivity index (χ0) is 16.6. The first-order chi connectivity index (χ1) is 10.4. The second-order valence-electron chi connectivity index (χ2n) is 5.07. The largest absolute Gasteiger partial charge is 0.465 e. The van der Waals surface area contributed by atoms with Gasteiger partial charge in [0, 0.05) is 6.54 Å². The summed E-state index contributed by atoms with van der Waals surface area (Å²) >= 11 is 0. The maximum atomic E-state index is 12.0. The van der Waals surface area contributed by atoms with E-state index in [9.17, 15) is 13.2 Å². The molecule has 0 fully saturated rings. The SMILES string of the molecule is CCOC(=O)C(N)CCCCNS(=O)(=O)c1ccc(C)cc1.Cl. The molecule has 1 unspecified atom stereocenters. The van der Waals surface area contributed by atoms with Crippen LogP contribution in [0.3, 0.4) is 0 Å². The number of nitrogens with two attached hydrogens (primary N) is 1. The van der Waals surface area contributed by atoms with E-state index in [2.05, 4.69) is 4.72 Å². The van der Waals surface area contributed by atoms with Crippen LogP contribution >= 0.6 is 12.4 Å². The van der Waals surface area contributed by atoms with E-state index >= 15 is 0 Å². The molecule has 1 rings (SSSR count). The fraction of sp³-hybridized carbons (Fsp3) is 0.533. The highest BCUT2D eigenvalue weighted by molar-refractivity contribution is 7.89. The summed E-state index contributed by atoms with van der Waals surface area (Å²) < 4.78 is 31.4. The molecule has 8 heteroatoms. The molecule has 0 aliphatic heterocycles. The van der Waals surface area contributed by atoms with Crippen LogP contribution in [0.15, 0.2) is 29.2 Å². The van der Waals surface area contributed by atoms with Gasteiger partial charge in [-0.3, -0.25) is 4.79 Å². The molecule has 0 aromatic heterocycles. The second kappa shape index (κ2) is 10.6. The smallest absolute Gasteiger partial charge is 0.322 e. The number of carbonyl (C=O) groups is 1. The molecule has 23 heavy (non-hydrogen) atoms. The normalized spacial score (nSPS) is 12.3. The zero-order valence-corrected chi connectivity index (χ0v) is 15.1. The maximum absolute atomic E-state index is 12.0. The number of ether oxygens (including phenoxy) is 1. The van der Waals surface area contributed by atoms with Crippen molar-refractivity contribution in [2.75, 3.05) is 13.2 Å². The Kier molecular flexibility index (Phi) is 10.1. The van der Waals surface area contributed by atoms with Crippen LogP contribution in [0.1, 0.15) is 31.7 Å². The van der Waals surface area contributed by atoms with Gasteiger partial charge in [0.1, 0.15) is 6.04 Å². The summed E-state index contributed by atoms with van der Waals surface area (Å²) in [5.74, 6) is -0.414. The van der Waals surface area contributed by atoms with Crippen LogP contribution in [0.4, 0.5) is 0 Å². The van der Waals surface area contributed by atoms with E-state index in [4.69, 9.17) is 10.5 Å². The molecule has 132 valence electrons. The first-order valence-corrected chi connectivity index (χ1v) is 8.83. The Labute approximate surface area is 144 Å². The molecule has 3 N–H and O–H groups in total. The quantitative estimate of drug-likeness (QED) is 0.514. The molecule has 0 amide bonds. The van der Waals surface area contributed by atoms with E-state index in [1.165, 1.54) is 0 Å². The van der Waals surface area contributed by atoms with Gasteiger partial charge in [0.25, 0.3) is 0 Å². The number of benzene rings is 1. The summed E-state index contributed by atoms with van der Waals surface area (Å²) in [6.07, 6.45) is 1.74. The maximum Gasteiger partial charge on any atom is 0.322 e. The molecular weight excluding hydrogens is 340 g/mol. The zero-order valence-electron chi connectivity index (χ0n) is 13.4. The van der Waals surface area contributed by atoms with Gasteiger partial charge in [-0.05, 0) is 38.8 Å². The van der Waals surface area contributed by atoms with Crippen molar-refractivity contribution in [1.82, 2.24) is 4.72 Å². The minimum atomic E-state index is -3.48. The number of halogens is 1. The number of carbonyl (C=O) groups excluding carboxylic acids is 1. The molecule has 1 aromatic rings. The van der Waals surface area contributed by atoms with Crippen LogP contribution in [0.5, 0.6) is 0 Å². The topological polar surface area (TPSA) is 98.5 Å². The third-order valence-electron chi connectivity index (χ3n) is 3.15. The van der Waals surface area contributed by atoms with Gasteiger partial charge in [-0.25, -0.2) is 13.1 Å². The summed E-state index contributed by atoms with van der Waals surface area (Å²) in [7, 11) is -3.48. The average molecular weight is 365 g/mol. The Hall–Kier alpha value is -1.15. The highest BCUT2D eigenvalue weighted by atomic mass is 35.5.